The lowest BCUT2D eigenvalue weighted by molar-refractivity contribution is -0.136. The van der Waals surface area contributed by atoms with Crippen molar-refractivity contribution in [3.8, 4) is 0 Å². The van der Waals surface area contributed by atoms with E-state index in [1.54, 1.807) is 9.80 Å². The van der Waals surface area contributed by atoms with Gasteiger partial charge in [-0.15, -0.1) is 0 Å². The minimum atomic E-state index is -5.43. The van der Waals surface area contributed by atoms with Gasteiger partial charge < -0.3 is 14.5 Å². The molecule has 0 bridgehead atoms. The van der Waals surface area contributed by atoms with Crippen molar-refractivity contribution in [2.24, 2.45) is 0 Å². The number of nitrogens with zero attached hydrogens (tertiary/aromatic N) is 3. The van der Waals surface area contributed by atoms with Crippen LogP contribution < -0.4 is 4.90 Å². The summed E-state index contributed by atoms with van der Waals surface area (Å²) in [4.78, 5) is 16.9. The molecule has 0 aromatic heterocycles. The van der Waals surface area contributed by atoms with E-state index in [1.807, 2.05) is 4.90 Å². The number of piperazine rings is 1. The first-order valence-corrected chi connectivity index (χ1v) is 10.4. The van der Waals surface area contributed by atoms with E-state index in [9.17, 15) is 26.4 Å². The fourth-order valence-electron chi connectivity index (χ4n) is 3.32. The lowest BCUT2D eigenvalue weighted by Crippen LogP contribution is -2.51. The van der Waals surface area contributed by atoms with Crippen LogP contribution >= 0.6 is 0 Å². The van der Waals surface area contributed by atoms with Gasteiger partial charge in [0.1, 0.15) is 0 Å². The van der Waals surface area contributed by atoms with Crippen LogP contribution in [-0.4, -0.2) is 88.7 Å². The van der Waals surface area contributed by atoms with Crippen LogP contribution in [0.15, 0.2) is 29.2 Å². The molecule has 2 heterocycles. The molecule has 0 N–H and O–H groups in total. The van der Waals surface area contributed by atoms with Crippen LogP contribution in [0.5, 0.6) is 0 Å². The summed E-state index contributed by atoms with van der Waals surface area (Å²) in [6.07, 6.45) is 0. The molecule has 11 heteroatoms. The summed E-state index contributed by atoms with van der Waals surface area (Å²) in [6, 6.07) is 5.15. The summed E-state index contributed by atoms with van der Waals surface area (Å²) in [5.74, 6) is -0.00296. The third kappa shape index (κ3) is 4.41. The van der Waals surface area contributed by atoms with Crippen molar-refractivity contribution < 1.29 is 31.1 Å². The lowest BCUT2D eigenvalue weighted by Gasteiger charge is -2.37. The Bertz CT molecular complexity index is 802. The van der Waals surface area contributed by atoms with E-state index >= 15 is 0 Å². The van der Waals surface area contributed by atoms with Crippen molar-refractivity contribution in [3.05, 3.63) is 24.3 Å². The number of hydrogen-bond acceptors (Lipinski definition) is 6. The molecule has 1 amide bonds. The van der Waals surface area contributed by atoms with E-state index in [0.717, 1.165) is 6.07 Å². The number of carbonyl (C=O) groups excluding carboxylic acids is 1. The van der Waals surface area contributed by atoms with Crippen molar-refractivity contribution in [2.45, 2.75) is 10.4 Å². The molecule has 0 unspecified atom stereocenters. The smallest absolute Gasteiger partial charge is 0.378 e. The second kappa shape index (κ2) is 8.26. The highest BCUT2D eigenvalue weighted by atomic mass is 32.2. The van der Waals surface area contributed by atoms with Gasteiger partial charge in [0.25, 0.3) is 9.84 Å². The first-order valence-electron chi connectivity index (χ1n) is 8.93. The topological polar surface area (TPSA) is 70.2 Å². The number of morpholine rings is 1. The number of rotatable bonds is 4. The van der Waals surface area contributed by atoms with Crippen molar-refractivity contribution in [2.75, 3.05) is 63.9 Å². The van der Waals surface area contributed by atoms with Crippen molar-refractivity contribution in [1.82, 2.24) is 9.80 Å². The summed E-state index contributed by atoms with van der Waals surface area (Å²) < 4.78 is 67.9. The lowest BCUT2D eigenvalue weighted by atomic mass is 10.2. The standard InChI is InChI=1S/C17H22F3N3O4S/c18-17(19,20)28(25,26)15-4-2-1-3-14(15)22-7-5-21(6-8-22)13-16(24)23-9-11-27-12-10-23/h1-4H,5-13H2. The molecular weight excluding hydrogens is 399 g/mol. The van der Waals surface area contributed by atoms with E-state index in [2.05, 4.69) is 0 Å². The van der Waals surface area contributed by atoms with E-state index in [0.29, 0.717) is 52.5 Å². The van der Waals surface area contributed by atoms with Gasteiger partial charge in [-0.2, -0.15) is 13.2 Å². The molecule has 2 saturated heterocycles. The van der Waals surface area contributed by atoms with E-state index in [1.165, 1.54) is 18.2 Å². The highest BCUT2D eigenvalue weighted by Crippen LogP contribution is 2.36. The van der Waals surface area contributed by atoms with Crippen molar-refractivity contribution in [3.63, 3.8) is 0 Å². The molecule has 3 rings (SSSR count). The summed E-state index contributed by atoms with van der Waals surface area (Å²) in [7, 11) is -5.43. The minimum absolute atomic E-state index is 0.00296. The Kier molecular flexibility index (Phi) is 6.15. The van der Waals surface area contributed by atoms with Gasteiger partial charge in [0, 0.05) is 39.3 Å². The van der Waals surface area contributed by atoms with Gasteiger partial charge in [-0.3, -0.25) is 9.69 Å². The van der Waals surface area contributed by atoms with Gasteiger partial charge in [0.15, 0.2) is 0 Å². The van der Waals surface area contributed by atoms with Gasteiger partial charge in [0.05, 0.1) is 30.3 Å². The number of para-hydroxylation sites is 1. The highest BCUT2D eigenvalue weighted by Gasteiger charge is 2.48. The third-order valence-corrected chi connectivity index (χ3v) is 6.43. The Hall–Kier alpha value is -1.85. The Morgan fingerprint density at radius 2 is 1.61 bits per heavy atom. The van der Waals surface area contributed by atoms with Gasteiger partial charge in [-0.1, -0.05) is 12.1 Å². The average Bonchev–Trinajstić information content (AvgIpc) is 2.68. The van der Waals surface area contributed by atoms with Gasteiger partial charge in [-0.25, -0.2) is 8.42 Å². The van der Waals surface area contributed by atoms with Crippen LogP contribution in [-0.2, 0) is 19.4 Å². The summed E-state index contributed by atoms with van der Waals surface area (Å²) in [5.41, 5.74) is -5.31. The predicted octanol–water partition coefficient (Wildman–Crippen LogP) is 0.961. The largest absolute Gasteiger partial charge is 0.501 e. The second-order valence-corrected chi connectivity index (χ2v) is 8.58. The van der Waals surface area contributed by atoms with E-state index < -0.39 is 20.2 Å². The molecule has 0 aliphatic carbocycles. The molecule has 7 nitrogen and oxygen atoms in total. The number of sulfone groups is 1. The zero-order chi connectivity index (χ0) is 20.4. The number of anilines is 1. The highest BCUT2D eigenvalue weighted by molar-refractivity contribution is 7.92. The molecule has 0 saturated carbocycles. The van der Waals surface area contributed by atoms with Crippen LogP contribution in [0.1, 0.15) is 0 Å². The van der Waals surface area contributed by atoms with Crippen LogP contribution in [0.25, 0.3) is 0 Å². The molecule has 28 heavy (non-hydrogen) atoms. The monoisotopic (exact) mass is 421 g/mol. The minimum Gasteiger partial charge on any atom is -0.378 e. The summed E-state index contributed by atoms with van der Waals surface area (Å²) in [6.45, 7) is 3.96. The summed E-state index contributed by atoms with van der Waals surface area (Å²) in [5, 5.41) is 0. The Labute approximate surface area is 161 Å². The number of hydrogen-bond donors (Lipinski definition) is 0. The Morgan fingerprint density at radius 1 is 1.00 bits per heavy atom. The summed E-state index contributed by atoms with van der Waals surface area (Å²) >= 11 is 0. The number of alkyl halides is 3. The molecule has 1 aromatic rings. The van der Waals surface area contributed by atoms with Gasteiger partial charge >= 0.3 is 5.51 Å². The van der Waals surface area contributed by atoms with Gasteiger partial charge in [-0.05, 0) is 12.1 Å². The maximum atomic E-state index is 13.0. The van der Waals surface area contributed by atoms with Crippen LogP contribution in [0.3, 0.4) is 0 Å². The normalized spacial score (nSPS) is 19.7. The first kappa shape index (κ1) is 20.9. The third-order valence-electron chi connectivity index (χ3n) is 4.90. The predicted molar refractivity (Wildman–Crippen MR) is 95.7 cm³/mol. The first-order chi connectivity index (χ1) is 13.2. The van der Waals surface area contributed by atoms with Crippen LogP contribution in [0.2, 0.25) is 0 Å². The quantitative estimate of drug-likeness (QED) is 0.722. The van der Waals surface area contributed by atoms with Crippen LogP contribution in [0, 0.1) is 0 Å². The van der Waals surface area contributed by atoms with Crippen LogP contribution in [0.4, 0.5) is 18.9 Å². The number of ether oxygens (including phenoxy) is 1. The molecule has 0 radical (unpaired) electrons. The van der Waals surface area contributed by atoms with Crippen molar-refractivity contribution >= 4 is 21.4 Å². The number of halogens is 3. The van der Waals surface area contributed by atoms with E-state index in [4.69, 9.17) is 4.74 Å². The maximum Gasteiger partial charge on any atom is 0.501 e. The molecule has 2 aliphatic rings. The number of amides is 1. The van der Waals surface area contributed by atoms with Gasteiger partial charge in [0.2, 0.25) is 5.91 Å². The Balaban J connectivity index is 1.65. The number of carbonyl (C=O) groups is 1. The molecule has 1 aromatic carbocycles. The number of benzene rings is 1. The fraction of sp³-hybridized carbons (Fsp3) is 0.588. The molecule has 2 aliphatic heterocycles. The van der Waals surface area contributed by atoms with E-state index in [-0.39, 0.29) is 18.1 Å². The second-order valence-electron chi connectivity index (χ2n) is 6.67. The Morgan fingerprint density at radius 3 is 2.21 bits per heavy atom. The fourth-order valence-corrected chi connectivity index (χ4v) is 4.30. The molecule has 0 atom stereocenters. The molecule has 2 fully saturated rings. The molecule has 156 valence electrons. The zero-order valence-corrected chi connectivity index (χ0v) is 16.0. The average molecular weight is 421 g/mol. The SMILES string of the molecule is O=C(CN1CCN(c2ccccc2S(=O)(=O)C(F)(F)F)CC1)N1CCOCC1. The zero-order valence-electron chi connectivity index (χ0n) is 15.2. The molecule has 0 spiro atoms. The van der Waals surface area contributed by atoms with Crippen molar-refractivity contribution in [1.29, 1.82) is 0 Å². The maximum absolute atomic E-state index is 13.0. The molecular formula is C17H22F3N3O4S.